The summed E-state index contributed by atoms with van der Waals surface area (Å²) in [7, 11) is 7.68. The number of rotatable bonds is 9. The quantitative estimate of drug-likeness (QED) is 0.389. The van der Waals surface area contributed by atoms with E-state index >= 15 is 0 Å². The zero-order valence-corrected chi connectivity index (χ0v) is 16.2. The molecule has 0 fully saturated rings. The highest BCUT2D eigenvalue weighted by atomic mass is 35.5. The van der Waals surface area contributed by atoms with Crippen molar-refractivity contribution in [3.05, 3.63) is 41.0 Å². The van der Waals surface area contributed by atoms with Crippen molar-refractivity contribution in [2.24, 2.45) is 0 Å². The van der Waals surface area contributed by atoms with E-state index in [9.17, 15) is 9.59 Å². The normalized spacial score (nSPS) is 10.5. The van der Waals surface area contributed by atoms with Gasteiger partial charge in [-0.05, 0) is 46.8 Å². The molecule has 0 heterocycles. The van der Waals surface area contributed by atoms with Crippen LogP contribution >= 0.6 is 12.4 Å². The number of Topliss-reactive ketones (excluding diaryl/α,β-unsaturated/α-hetero) is 2. The van der Waals surface area contributed by atoms with Gasteiger partial charge in [-0.25, -0.2) is 0 Å². The third kappa shape index (κ3) is 8.39. The van der Waals surface area contributed by atoms with Crippen molar-refractivity contribution in [3.8, 4) is 0 Å². The van der Waals surface area contributed by atoms with Crippen LogP contribution in [0, 0.1) is 6.92 Å². The molecule has 1 rings (SSSR count). The Labute approximate surface area is 151 Å². The fourth-order valence-corrected chi connectivity index (χ4v) is 2.07. The van der Waals surface area contributed by atoms with Crippen LogP contribution in [0.2, 0.25) is 0 Å². The monoisotopic (exact) mass is 352 g/mol. The molecule has 1 aromatic carbocycles. The van der Waals surface area contributed by atoms with Crippen molar-refractivity contribution in [2.75, 3.05) is 41.3 Å². The fourth-order valence-electron chi connectivity index (χ4n) is 2.07. The van der Waals surface area contributed by atoms with E-state index in [1.54, 1.807) is 6.08 Å². The number of ketones is 2. The van der Waals surface area contributed by atoms with E-state index in [4.69, 9.17) is 0 Å². The largest absolute Gasteiger partial charge is 0.309 e. The van der Waals surface area contributed by atoms with Gasteiger partial charge >= 0.3 is 0 Å². The number of allylic oxidation sites excluding steroid dienone is 1. The van der Waals surface area contributed by atoms with E-state index in [1.807, 2.05) is 69.2 Å². The van der Waals surface area contributed by atoms with Gasteiger partial charge in [-0.2, -0.15) is 0 Å². The number of nitrogens with zero attached hydrogens (tertiary/aromatic N) is 2. The Morgan fingerprint density at radius 3 is 1.67 bits per heavy atom. The lowest BCUT2D eigenvalue weighted by atomic mass is 9.98. The number of halogens is 1. The number of hydrogen-bond donors (Lipinski definition) is 0. The summed E-state index contributed by atoms with van der Waals surface area (Å²) >= 11 is 0. The minimum atomic E-state index is -0.0805. The highest BCUT2D eigenvalue weighted by Crippen LogP contribution is 2.13. The van der Waals surface area contributed by atoms with E-state index in [2.05, 4.69) is 0 Å². The second-order valence-electron chi connectivity index (χ2n) is 6.42. The molecule has 0 aliphatic carbocycles. The zero-order chi connectivity index (χ0) is 17.4. The van der Waals surface area contributed by atoms with Gasteiger partial charge < -0.3 is 9.80 Å². The van der Waals surface area contributed by atoms with Crippen LogP contribution in [0.1, 0.15) is 24.0 Å². The Hall–Kier alpha value is -1.49. The lowest BCUT2D eigenvalue weighted by molar-refractivity contribution is -0.121. The summed E-state index contributed by atoms with van der Waals surface area (Å²) in [5, 5.41) is 0. The molecule has 0 aliphatic heterocycles. The third-order valence-corrected chi connectivity index (χ3v) is 3.56. The van der Waals surface area contributed by atoms with Gasteiger partial charge in [-0.3, -0.25) is 9.59 Å². The SMILES string of the molecule is Cc1ccc(C=C(C(=O)CCN(C)C)C(=O)CCN(C)C)cc1.Cl. The average molecular weight is 353 g/mol. The highest BCUT2D eigenvalue weighted by Gasteiger charge is 2.18. The van der Waals surface area contributed by atoms with Gasteiger partial charge in [-0.15, -0.1) is 12.4 Å². The fraction of sp³-hybridized carbons (Fsp3) is 0.474. The van der Waals surface area contributed by atoms with Crippen molar-refractivity contribution >= 4 is 30.0 Å². The van der Waals surface area contributed by atoms with E-state index < -0.39 is 0 Å². The Bertz CT molecular complexity index is 537. The maximum Gasteiger partial charge on any atom is 0.167 e. The van der Waals surface area contributed by atoms with Crippen LogP contribution in [0.3, 0.4) is 0 Å². The topological polar surface area (TPSA) is 40.6 Å². The summed E-state index contributed by atoms with van der Waals surface area (Å²) in [5.41, 5.74) is 2.36. The molecule has 0 saturated heterocycles. The molecule has 0 saturated carbocycles. The second-order valence-corrected chi connectivity index (χ2v) is 6.42. The van der Waals surface area contributed by atoms with Crippen LogP contribution in [0.4, 0.5) is 0 Å². The number of aryl methyl sites for hydroxylation is 1. The summed E-state index contributed by atoms with van der Waals surface area (Å²) in [6.07, 6.45) is 2.45. The molecular weight excluding hydrogens is 324 g/mol. The number of benzene rings is 1. The molecule has 1 aromatic rings. The number of carbonyl (C=O) groups excluding carboxylic acids is 2. The molecule has 24 heavy (non-hydrogen) atoms. The average Bonchev–Trinajstić information content (AvgIpc) is 2.49. The highest BCUT2D eigenvalue weighted by molar-refractivity contribution is 6.23. The van der Waals surface area contributed by atoms with Gasteiger partial charge in [0.05, 0.1) is 5.57 Å². The number of hydrogen-bond acceptors (Lipinski definition) is 4. The molecule has 0 aliphatic rings. The predicted octanol–water partition coefficient (Wildman–Crippen LogP) is 2.84. The molecule has 0 amide bonds. The molecule has 0 N–H and O–H groups in total. The molecule has 0 unspecified atom stereocenters. The van der Waals surface area contributed by atoms with Crippen LogP contribution in [0.15, 0.2) is 29.8 Å². The summed E-state index contributed by atoms with van der Waals surface area (Å²) < 4.78 is 0. The number of carbonyl (C=O) groups is 2. The molecule has 0 radical (unpaired) electrons. The third-order valence-electron chi connectivity index (χ3n) is 3.56. The molecule has 0 aromatic heterocycles. The molecule has 4 nitrogen and oxygen atoms in total. The van der Waals surface area contributed by atoms with Crippen molar-refractivity contribution in [1.82, 2.24) is 9.80 Å². The molecule has 0 spiro atoms. The van der Waals surface area contributed by atoms with Crippen molar-refractivity contribution in [2.45, 2.75) is 19.8 Å². The second kappa shape index (κ2) is 11.1. The summed E-state index contributed by atoms with van der Waals surface area (Å²) in [6.45, 7) is 3.30. The van der Waals surface area contributed by atoms with Gasteiger partial charge in [0.25, 0.3) is 0 Å². The Morgan fingerprint density at radius 1 is 0.875 bits per heavy atom. The maximum absolute atomic E-state index is 12.5. The van der Waals surface area contributed by atoms with Gasteiger partial charge in [0, 0.05) is 25.9 Å². The lowest BCUT2D eigenvalue weighted by Crippen LogP contribution is -2.23. The lowest BCUT2D eigenvalue weighted by Gasteiger charge is -2.12. The van der Waals surface area contributed by atoms with Crippen LogP contribution in [0.5, 0.6) is 0 Å². The standard InChI is InChI=1S/C19H28N2O2.ClH/c1-15-6-8-16(9-7-15)14-17(18(22)10-12-20(2)3)19(23)11-13-21(4)5;/h6-9,14H,10-13H2,1-5H3;1H. The minimum Gasteiger partial charge on any atom is -0.309 e. The van der Waals surface area contributed by atoms with E-state index in [1.165, 1.54) is 0 Å². The molecule has 5 heteroatoms. The minimum absolute atomic E-state index is 0. The van der Waals surface area contributed by atoms with Crippen molar-refractivity contribution in [1.29, 1.82) is 0 Å². The smallest absolute Gasteiger partial charge is 0.167 e. The molecular formula is C19H29ClN2O2. The van der Waals surface area contributed by atoms with Crippen molar-refractivity contribution in [3.63, 3.8) is 0 Å². The molecule has 134 valence electrons. The van der Waals surface area contributed by atoms with Gasteiger partial charge in [-0.1, -0.05) is 29.8 Å². The summed E-state index contributed by atoms with van der Waals surface area (Å²) in [5.74, 6) is -0.161. The van der Waals surface area contributed by atoms with Gasteiger partial charge in [0.2, 0.25) is 0 Å². The van der Waals surface area contributed by atoms with Crippen LogP contribution < -0.4 is 0 Å². The Morgan fingerprint density at radius 2 is 1.29 bits per heavy atom. The van der Waals surface area contributed by atoms with E-state index in [0.717, 1.165) is 11.1 Å². The Kier molecular flexibility index (Phi) is 10.4. The first kappa shape index (κ1) is 22.5. The Balaban J connectivity index is 0.00000529. The van der Waals surface area contributed by atoms with E-state index in [0.29, 0.717) is 31.5 Å². The van der Waals surface area contributed by atoms with Crippen molar-refractivity contribution < 1.29 is 9.59 Å². The van der Waals surface area contributed by atoms with Crippen LogP contribution in [-0.4, -0.2) is 62.6 Å². The first-order valence-electron chi connectivity index (χ1n) is 7.94. The molecule has 0 bridgehead atoms. The van der Waals surface area contributed by atoms with E-state index in [-0.39, 0.29) is 24.0 Å². The van der Waals surface area contributed by atoms with Crippen LogP contribution in [0.25, 0.3) is 6.08 Å². The van der Waals surface area contributed by atoms with Crippen LogP contribution in [-0.2, 0) is 9.59 Å². The zero-order valence-electron chi connectivity index (χ0n) is 15.3. The maximum atomic E-state index is 12.5. The first-order chi connectivity index (χ1) is 10.8. The van der Waals surface area contributed by atoms with Gasteiger partial charge in [0.15, 0.2) is 11.6 Å². The summed E-state index contributed by atoms with van der Waals surface area (Å²) in [4.78, 5) is 28.9. The predicted molar refractivity (Wildman–Crippen MR) is 103 cm³/mol. The first-order valence-corrected chi connectivity index (χ1v) is 7.94. The van der Waals surface area contributed by atoms with Gasteiger partial charge in [0.1, 0.15) is 0 Å². The molecule has 0 atom stereocenters. The summed E-state index contributed by atoms with van der Waals surface area (Å²) in [6, 6.07) is 7.84.